The van der Waals surface area contributed by atoms with E-state index < -0.39 is 18.6 Å². The van der Waals surface area contributed by atoms with Gasteiger partial charge in [0.15, 0.2) is 6.29 Å². The Morgan fingerprint density at radius 3 is 2.61 bits per heavy atom. The van der Waals surface area contributed by atoms with Crippen LogP contribution in [0.3, 0.4) is 0 Å². The van der Waals surface area contributed by atoms with Gasteiger partial charge >= 0.3 is 0 Å². The van der Waals surface area contributed by atoms with Crippen LogP contribution in [0.1, 0.15) is 27.1 Å². The number of alkyl halides is 1. The Hall–Kier alpha value is -2.04. The van der Waals surface area contributed by atoms with Crippen LogP contribution in [0.5, 0.6) is 0 Å². The van der Waals surface area contributed by atoms with Crippen LogP contribution in [-0.2, 0) is 4.79 Å². The number of hydrogen-bond acceptors (Lipinski definition) is 3. The minimum Gasteiger partial charge on any atom is -0.336 e. The third kappa shape index (κ3) is 3.00. The first-order valence-electron chi connectivity index (χ1n) is 5.46. The second-order valence-electron chi connectivity index (χ2n) is 3.83. The molecule has 0 bridgehead atoms. The van der Waals surface area contributed by atoms with E-state index in [1.54, 1.807) is 12.1 Å². The predicted molar refractivity (Wildman–Crippen MR) is 64.4 cm³/mol. The highest BCUT2D eigenvalue weighted by molar-refractivity contribution is 6.01. The molecule has 1 rings (SSSR count). The smallest absolute Gasteiger partial charge is 0.254 e. The highest BCUT2D eigenvalue weighted by Crippen LogP contribution is 2.12. The third-order valence-electron chi connectivity index (χ3n) is 2.73. The Balaban J connectivity index is 2.98. The highest BCUT2D eigenvalue weighted by atomic mass is 19.1. The summed E-state index contributed by atoms with van der Waals surface area (Å²) in [5, 5.41) is 0. The lowest BCUT2D eigenvalue weighted by atomic mass is 10.1. The molecule has 0 aliphatic rings. The molecule has 0 aliphatic heterocycles. The van der Waals surface area contributed by atoms with Gasteiger partial charge in [0.2, 0.25) is 0 Å². The zero-order chi connectivity index (χ0) is 13.5. The van der Waals surface area contributed by atoms with Gasteiger partial charge in [-0.1, -0.05) is 18.2 Å². The van der Waals surface area contributed by atoms with Crippen molar-refractivity contribution in [3.8, 4) is 0 Å². The SMILES string of the molecule is CN(C(=O)c1ccccc1C=O)C(CF)CC=O. The Morgan fingerprint density at radius 2 is 2.06 bits per heavy atom. The van der Waals surface area contributed by atoms with E-state index in [-0.39, 0.29) is 17.5 Å². The minimum absolute atomic E-state index is 0.0675. The highest BCUT2D eigenvalue weighted by Gasteiger charge is 2.22. The molecule has 0 heterocycles. The summed E-state index contributed by atoms with van der Waals surface area (Å²) < 4.78 is 12.7. The monoisotopic (exact) mass is 251 g/mol. The second-order valence-corrected chi connectivity index (χ2v) is 3.83. The first-order valence-corrected chi connectivity index (χ1v) is 5.46. The molecule has 5 heteroatoms. The Bertz CT molecular complexity index is 448. The summed E-state index contributed by atoms with van der Waals surface area (Å²) >= 11 is 0. The molecule has 0 saturated heterocycles. The fraction of sp³-hybridized carbons (Fsp3) is 0.308. The second kappa shape index (κ2) is 6.64. The van der Waals surface area contributed by atoms with E-state index in [9.17, 15) is 18.8 Å². The number of carbonyl (C=O) groups is 3. The van der Waals surface area contributed by atoms with Gasteiger partial charge in [0, 0.05) is 19.0 Å². The number of benzene rings is 1. The van der Waals surface area contributed by atoms with Crippen molar-refractivity contribution in [2.45, 2.75) is 12.5 Å². The van der Waals surface area contributed by atoms with Crippen molar-refractivity contribution in [3.63, 3.8) is 0 Å². The number of aldehydes is 2. The first-order chi connectivity index (χ1) is 8.65. The lowest BCUT2D eigenvalue weighted by Crippen LogP contribution is -2.39. The molecule has 0 aromatic heterocycles. The first kappa shape index (κ1) is 14.0. The fourth-order valence-corrected chi connectivity index (χ4v) is 1.59. The van der Waals surface area contributed by atoms with Crippen molar-refractivity contribution in [1.29, 1.82) is 0 Å². The maximum absolute atomic E-state index is 12.7. The molecule has 4 nitrogen and oxygen atoms in total. The molecule has 0 aliphatic carbocycles. The zero-order valence-electron chi connectivity index (χ0n) is 10.0. The number of halogens is 1. The van der Waals surface area contributed by atoms with Crippen LogP contribution in [0.15, 0.2) is 24.3 Å². The quantitative estimate of drug-likeness (QED) is 0.720. The lowest BCUT2D eigenvalue weighted by Gasteiger charge is -2.24. The number of rotatable bonds is 6. The summed E-state index contributed by atoms with van der Waals surface area (Å²) in [4.78, 5) is 34.5. The topological polar surface area (TPSA) is 54.5 Å². The molecular formula is C13H14FNO3. The normalized spacial score (nSPS) is 11.7. The van der Waals surface area contributed by atoms with Gasteiger partial charge in [-0.2, -0.15) is 0 Å². The van der Waals surface area contributed by atoms with Crippen LogP contribution in [0, 0.1) is 0 Å². The average Bonchev–Trinajstić information content (AvgIpc) is 2.43. The maximum atomic E-state index is 12.7. The van der Waals surface area contributed by atoms with E-state index in [0.29, 0.717) is 12.6 Å². The molecule has 1 aromatic carbocycles. The van der Waals surface area contributed by atoms with Gasteiger partial charge in [0.05, 0.1) is 11.6 Å². The summed E-state index contributed by atoms with van der Waals surface area (Å²) in [7, 11) is 1.41. The summed E-state index contributed by atoms with van der Waals surface area (Å²) in [5.41, 5.74) is 0.456. The molecule has 1 aromatic rings. The van der Waals surface area contributed by atoms with Crippen LogP contribution in [-0.4, -0.2) is 43.1 Å². The summed E-state index contributed by atoms with van der Waals surface area (Å²) in [6.45, 7) is -0.801. The Labute approximate surface area is 104 Å². The van der Waals surface area contributed by atoms with Crippen LogP contribution >= 0.6 is 0 Å². The third-order valence-corrected chi connectivity index (χ3v) is 2.73. The zero-order valence-corrected chi connectivity index (χ0v) is 10.0. The van der Waals surface area contributed by atoms with Crippen molar-refractivity contribution in [3.05, 3.63) is 35.4 Å². The van der Waals surface area contributed by atoms with Gasteiger partial charge in [-0.15, -0.1) is 0 Å². The molecule has 18 heavy (non-hydrogen) atoms. The molecule has 0 saturated carbocycles. The maximum Gasteiger partial charge on any atom is 0.254 e. The van der Waals surface area contributed by atoms with Crippen molar-refractivity contribution < 1.29 is 18.8 Å². The molecule has 0 radical (unpaired) electrons. The average molecular weight is 251 g/mol. The van der Waals surface area contributed by atoms with Gasteiger partial charge in [-0.3, -0.25) is 9.59 Å². The summed E-state index contributed by atoms with van der Waals surface area (Å²) in [6, 6.07) is 5.48. The van der Waals surface area contributed by atoms with E-state index in [2.05, 4.69) is 0 Å². The van der Waals surface area contributed by atoms with E-state index in [4.69, 9.17) is 0 Å². The van der Waals surface area contributed by atoms with Gasteiger partial charge in [-0.05, 0) is 6.07 Å². The lowest BCUT2D eigenvalue weighted by molar-refractivity contribution is -0.108. The molecule has 0 spiro atoms. The van der Waals surface area contributed by atoms with Crippen LogP contribution in [0.4, 0.5) is 4.39 Å². The van der Waals surface area contributed by atoms with Crippen LogP contribution < -0.4 is 0 Å². The van der Waals surface area contributed by atoms with E-state index in [1.807, 2.05) is 0 Å². The van der Waals surface area contributed by atoms with E-state index in [1.165, 1.54) is 19.2 Å². The number of carbonyl (C=O) groups excluding carboxylic acids is 3. The Morgan fingerprint density at radius 1 is 1.39 bits per heavy atom. The largest absolute Gasteiger partial charge is 0.336 e. The number of nitrogens with zero attached hydrogens (tertiary/aromatic N) is 1. The van der Waals surface area contributed by atoms with Crippen LogP contribution in [0.25, 0.3) is 0 Å². The standard InChI is InChI=1S/C13H14FNO3/c1-15(11(8-14)6-7-16)13(18)12-5-3-2-4-10(12)9-17/h2-5,7,9,11H,6,8H2,1H3. The van der Waals surface area contributed by atoms with Gasteiger partial charge < -0.3 is 9.69 Å². The molecule has 1 atom stereocenters. The molecule has 1 unspecified atom stereocenters. The molecule has 1 amide bonds. The van der Waals surface area contributed by atoms with Crippen molar-refractivity contribution in [1.82, 2.24) is 4.90 Å². The predicted octanol–water partition coefficient (Wildman–Crippen LogP) is 1.50. The number of hydrogen-bond donors (Lipinski definition) is 0. The summed E-state index contributed by atoms with van der Waals surface area (Å²) in [6.07, 6.45) is 1.08. The van der Waals surface area contributed by atoms with Crippen molar-refractivity contribution >= 4 is 18.5 Å². The van der Waals surface area contributed by atoms with E-state index in [0.717, 1.165) is 4.90 Å². The molecular weight excluding hydrogens is 237 g/mol. The van der Waals surface area contributed by atoms with Gasteiger partial charge in [0.25, 0.3) is 5.91 Å². The van der Waals surface area contributed by atoms with Crippen LogP contribution in [0.2, 0.25) is 0 Å². The molecule has 0 N–H and O–H groups in total. The summed E-state index contributed by atoms with van der Waals surface area (Å²) in [5.74, 6) is -0.470. The Kier molecular flexibility index (Phi) is 5.17. The number of amides is 1. The van der Waals surface area contributed by atoms with Gasteiger partial charge in [-0.25, -0.2) is 4.39 Å². The van der Waals surface area contributed by atoms with Crippen molar-refractivity contribution in [2.24, 2.45) is 0 Å². The van der Waals surface area contributed by atoms with Crippen molar-refractivity contribution in [2.75, 3.05) is 13.7 Å². The van der Waals surface area contributed by atoms with Gasteiger partial charge in [0.1, 0.15) is 13.0 Å². The van der Waals surface area contributed by atoms with E-state index >= 15 is 0 Å². The fourth-order valence-electron chi connectivity index (χ4n) is 1.59. The minimum atomic E-state index is -0.801. The molecule has 0 fully saturated rings. The molecule has 96 valence electrons.